The number of amides is 1. The monoisotopic (exact) mass is 428 g/mol. The van der Waals surface area contributed by atoms with Crippen molar-refractivity contribution in [2.75, 3.05) is 11.9 Å². The van der Waals surface area contributed by atoms with Gasteiger partial charge in [-0.3, -0.25) is 4.79 Å². The smallest absolute Gasteiger partial charge is 0.227 e. The first-order valence-corrected chi connectivity index (χ1v) is 10.1. The van der Waals surface area contributed by atoms with E-state index in [0.717, 1.165) is 29.9 Å². The third kappa shape index (κ3) is 6.40. The molecular formula is C23H29ClN4O2. The number of hydrogen-bond acceptors (Lipinski definition) is 5. The van der Waals surface area contributed by atoms with Gasteiger partial charge in [0.25, 0.3) is 0 Å². The zero-order valence-electron chi connectivity index (χ0n) is 17.6. The molecule has 0 atom stereocenters. The van der Waals surface area contributed by atoms with Crippen molar-refractivity contribution in [1.29, 1.82) is 0 Å². The molecule has 0 fully saturated rings. The molecule has 1 amide bonds. The highest BCUT2D eigenvalue weighted by atomic mass is 35.5. The van der Waals surface area contributed by atoms with Crippen LogP contribution in [0.15, 0.2) is 53.1 Å². The SMILES string of the molecule is CCNCc1ccccc1NC(=O)CCc1nc(-c2ccc(C(C)C)cc2)no1.Cl. The van der Waals surface area contributed by atoms with Crippen molar-refractivity contribution < 1.29 is 9.32 Å². The first-order valence-electron chi connectivity index (χ1n) is 10.1. The van der Waals surface area contributed by atoms with Gasteiger partial charge in [0, 0.05) is 30.6 Å². The maximum Gasteiger partial charge on any atom is 0.227 e. The van der Waals surface area contributed by atoms with Gasteiger partial charge in [-0.2, -0.15) is 4.98 Å². The highest BCUT2D eigenvalue weighted by molar-refractivity contribution is 5.91. The molecule has 3 rings (SSSR count). The number of aromatic nitrogens is 2. The molecular weight excluding hydrogens is 400 g/mol. The quantitative estimate of drug-likeness (QED) is 0.503. The molecule has 0 saturated heterocycles. The third-order valence-corrected chi connectivity index (χ3v) is 4.73. The van der Waals surface area contributed by atoms with E-state index in [-0.39, 0.29) is 24.7 Å². The van der Waals surface area contributed by atoms with Crippen molar-refractivity contribution >= 4 is 24.0 Å². The minimum absolute atomic E-state index is 0. The summed E-state index contributed by atoms with van der Waals surface area (Å²) < 4.78 is 5.32. The van der Waals surface area contributed by atoms with Crippen molar-refractivity contribution in [2.45, 2.75) is 46.1 Å². The second kappa shape index (κ2) is 11.5. The first kappa shape index (κ1) is 23.6. The van der Waals surface area contributed by atoms with Crippen LogP contribution in [-0.4, -0.2) is 22.6 Å². The lowest BCUT2D eigenvalue weighted by Crippen LogP contribution is -2.17. The second-order valence-corrected chi connectivity index (χ2v) is 7.27. The molecule has 0 aliphatic carbocycles. The van der Waals surface area contributed by atoms with Crippen LogP contribution in [0.5, 0.6) is 0 Å². The summed E-state index contributed by atoms with van der Waals surface area (Å²) in [4.78, 5) is 16.8. The highest BCUT2D eigenvalue weighted by Gasteiger charge is 2.12. The van der Waals surface area contributed by atoms with Crippen LogP contribution in [0.2, 0.25) is 0 Å². The summed E-state index contributed by atoms with van der Waals surface area (Å²) in [5, 5.41) is 10.3. The molecule has 0 aliphatic rings. The van der Waals surface area contributed by atoms with Crippen molar-refractivity contribution in [3.05, 3.63) is 65.5 Å². The van der Waals surface area contributed by atoms with Crippen molar-refractivity contribution in [2.24, 2.45) is 0 Å². The highest BCUT2D eigenvalue weighted by Crippen LogP contribution is 2.21. The van der Waals surface area contributed by atoms with Gasteiger partial charge in [0.1, 0.15) is 0 Å². The lowest BCUT2D eigenvalue weighted by Gasteiger charge is -2.11. The number of rotatable bonds is 9. The maximum atomic E-state index is 12.4. The van der Waals surface area contributed by atoms with Crippen LogP contribution in [0, 0.1) is 0 Å². The molecule has 0 spiro atoms. The molecule has 0 aliphatic heterocycles. The van der Waals surface area contributed by atoms with E-state index < -0.39 is 0 Å². The van der Waals surface area contributed by atoms with Gasteiger partial charge in [0.2, 0.25) is 17.6 Å². The van der Waals surface area contributed by atoms with E-state index in [0.29, 0.717) is 24.1 Å². The van der Waals surface area contributed by atoms with Crippen LogP contribution in [0.1, 0.15) is 50.1 Å². The fraction of sp³-hybridized carbons (Fsp3) is 0.348. The Morgan fingerprint density at radius 2 is 1.83 bits per heavy atom. The number of anilines is 1. The summed E-state index contributed by atoms with van der Waals surface area (Å²) in [5.74, 6) is 1.41. The van der Waals surface area contributed by atoms with Crippen LogP contribution < -0.4 is 10.6 Å². The van der Waals surface area contributed by atoms with Gasteiger partial charge >= 0.3 is 0 Å². The number of nitrogens with zero attached hydrogens (tertiary/aromatic N) is 2. The first-order chi connectivity index (χ1) is 14.1. The lowest BCUT2D eigenvalue weighted by atomic mass is 10.0. The second-order valence-electron chi connectivity index (χ2n) is 7.27. The Balaban J connectivity index is 0.00000320. The Bertz CT molecular complexity index is 938. The Hall–Kier alpha value is -2.70. The topological polar surface area (TPSA) is 80.0 Å². The predicted octanol–water partition coefficient (Wildman–Crippen LogP) is 4.96. The molecule has 160 valence electrons. The minimum Gasteiger partial charge on any atom is -0.339 e. The van der Waals surface area contributed by atoms with Gasteiger partial charge in [-0.25, -0.2) is 0 Å². The van der Waals surface area contributed by atoms with Gasteiger partial charge in [-0.15, -0.1) is 12.4 Å². The molecule has 0 saturated carbocycles. The van der Waals surface area contributed by atoms with Crippen LogP contribution in [0.4, 0.5) is 5.69 Å². The maximum absolute atomic E-state index is 12.4. The van der Waals surface area contributed by atoms with Gasteiger partial charge in [0.15, 0.2) is 0 Å². The molecule has 0 unspecified atom stereocenters. The van der Waals surface area contributed by atoms with Gasteiger partial charge in [-0.05, 0) is 29.7 Å². The average Bonchev–Trinajstić information content (AvgIpc) is 3.21. The summed E-state index contributed by atoms with van der Waals surface area (Å²) in [5.41, 5.74) is 4.07. The molecule has 0 radical (unpaired) electrons. The Morgan fingerprint density at radius 3 is 2.53 bits per heavy atom. The fourth-order valence-corrected chi connectivity index (χ4v) is 2.98. The Labute approximate surface area is 183 Å². The van der Waals surface area contributed by atoms with Crippen molar-refractivity contribution in [3.63, 3.8) is 0 Å². The average molecular weight is 429 g/mol. The molecule has 3 aromatic rings. The zero-order chi connectivity index (χ0) is 20.6. The molecule has 6 nitrogen and oxygen atoms in total. The molecule has 7 heteroatoms. The number of halogens is 1. The summed E-state index contributed by atoms with van der Waals surface area (Å²) >= 11 is 0. The number of carbonyl (C=O) groups is 1. The molecule has 2 aromatic carbocycles. The van der Waals surface area contributed by atoms with Crippen LogP contribution in [-0.2, 0) is 17.8 Å². The van der Waals surface area contributed by atoms with E-state index in [4.69, 9.17) is 4.52 Å². The van der Waals surface area contributed by atoms with E-state index in [1.54, 1.807) is 0 Å². The minimum atomic E-state index is -0.0741. The summed E-state index contributed by atoms with van der Waals surface area (Å²) in [7, 11) is 0. The van der Waals surface area contributed by atoms with E-state index in [2.05, 4.69) is 53.7 Å². The Morgan fingerprint density at radius 1 is 1.10 bits per heavy atom. The molecule has 0 bridgehead atoms. The summed E-state index contributed by atoms with van der Waals surface area (Å²) in [6.45, 7) is 7.96. The van der Waals surface area contributed by atoms with E-state index in [9.17, 15) is 4.79 Å². The van der Waals surface area contributed by atoms with Gasteiger partial charge in [-0.1, -0.05) is 68.4 Å². The van der Waals surface area contributed by atoms with Crippen LogP contribution in [0.25, 0.3) is 11.4 Å². The fourth-order valence-electron chi connectivity index (χ4n) is 2.98. The van der Waals surface area contributed by atoms with Gasteiger partial charge < -0.3 is 15.2 Å². The third-order valence-electron chi connectivity index (χ3n) is 4.73. The Kier molecular flexibility index (Phi) is 9.02. The van der Waals surface area contributed by atoms with Gasteiger partial charge in [0.05, 0.1) is 0 Å². The molecule has 2 N–H and O–H groups in total. The summed E-state index contributed by atoms with van der Waals surface area (Å²) in [6.07, 6.45) is 0.682. The zero-order valence-corrected chi connectivity index (χ0v) is 18.5. The number of nitrogens with one attached hydrogen (secondary N) is 2. The number of carbonyl (C=O) groups excluding carboxylic acids is 1. The lowest BCUT2D eigenvalue weighted by molar-refractivity contribution is -0.116. The number of benzene rings is 2. The van der Waals surface area contributed by atoms with Crippen molar-refractivity contribution in [3.8, 4) is 11.4 Å². The summed E-state index contributed by atoms with van der Waals surface area (Å²) in [6, 6.07) is 16.0. The van der Waals surface area contributed by atoms with E-state index >= 15 is 0 Å². The number of hydrogen-bond donors (Lipinski definition) is 2. The number of aryl methyl sites for hydroxylation is 1. The normalized spacial score (nSPS) is 10.7. The predicted molar refractivity (Wildman–Crippen MR) is 122 cm³/mol. The van der Waals surface area contributed by atoms with Crippen LogP contribution in [0.3, 0.4) is 0 Å². The van der Waals surface area contributed by atoms with Crippen molar-refractivity contribution in [1.82, 2.24) is 15.5 Å². The van der Waals surface area contributed by atoms with Crippen LogP contribution >= 0.6 is 12.4 Å². The van der Waals surface area contributed by atoms with E-state index in [1.165, 1.54) is 5.56 Å². The van der Waals surface area contributed by atoms with E-state index in [1.807, 2.05) is 36.4 Å². The molecule has 1 aromatic heterocycles. The molecule has 30 heavy (non-hydrogen) atoms. The molecule has 1 heterocycles. The number of para-hydroxylation sites is 1. The largest absolute Gasteiger partial charge is 0.339 e. The standard InChI is InChI=1S/C23H28N4O2.ClH/c1-4-24-15-19-7-5-6-8-20(19)25-21(28)13-14-22-26-23(27-29-22)18-11-9-17(10-12-18)16(2)3;/h5-12,16,24H,4,13-15H2,1-3H3,(H,25,28);1H.